The second kappa shape index (κ2) is 7.95. The van der Waals surface area contributed by atoms with E-state index in [-0.39, 0.29) is 18.9 Å². The van der Waals surface area contributed by atoms with E-state index in [0.29, 0.717) is 12.8 Å². The molecule has 0 atom stereocenters. The highest BCUT2D eigenvalue weighted by Gasteiger charge is 2.51. The zero-order chi connectivity index (χ0) is 18.4. The minimum absolute atomic E-state index is 0.109. The fourth-order valence-corrected chi connectivity index (χ4v) is 3.02. The van der Waals surface area contributed by atoms with Gasteiger partial charge in [0.2, 0.25) is 0 Å². The van der Waals surface area contributed by atoms with Gasteiger partial charge in [0.05, 0.1) is 6.42 Å². The summed E-state index contributed by atoms with van der Waals surface area (Å²) in [4.78, 5) is 59.4. The van der Waals surface area contributed by atoms with Gasteiger partial charge in [0.1, 0.15) is 5.54 Å². The molecule has 3 N–H and O–H groups in total. The van der Waals surface area contributed by atoms with E-state index in [9.17, 15) is 24.0 Å². The Morgan fingerprint density at radius 3 is 2.52 bits per heavy atom. The Morgan fingerprint density at radius 1 is 1.20 bits per heavy atom. The molecule has 0 bridgehead atoms. The molecule has 6 amide bonds. The van der Waals surface area contributed by atoms with Gasteiger partial charge in [-0.05, 0) is 12.8 Å². The molecule has 1 saturated heterocycles. The molecule has 10 nitrogen and oxygen atoms in total. The Balaban J connectivity index is 1.77. The van der Waals surface area contributed by atoms with Crippen molar-refractivity contribution in [1.29, 1.82) is 0 Å². The number of esters is 1. The van der Waals surface area contributed by atoms with Gasteiger partial charge in [0.25, 0.3) is 11.8 Å². The first-order valence-electron chi connectivity index (χ1n) is 8.19. The van der Waals surface area contributed by atoms with Gasteiger partial charge < -0.3 is 15.4 Å². The molecule has 1 heterocycles. The highest BCUT2D eigenvalue weighted by atomic mass is 16.5. The van der Waals surface area contributed by atoms with Crippen LogP contribution >= 0.6 is 0 Å². The maximum absolute atomic E-state index is 12.5. The summed E-state index contributed by atoms with van der Waals surface area (Å²) in [6.07, 6.45) is 3.79. The number of urea groups is 2. The highest BCUT2D eigenvalue weighted by molar-refractivity contribution is 6.07. The first kappa shape index (κ1) is 18.7. The number of hydrogen-bond donors (Lipinski definition) is 3. The fourth-order valence-electron chi connectivity index (χ4n) is 3.02. The lowest BCUT2D eigenvalue weighted by Gasteiger charge is -2.30. The van der Waals surface area contributed by atoms with Gasteiger partial charge >= 0.3 is 18.0 Å². The molecule has 138 valence electrons. The Hall–Kier alpha value is -2.65. The number of nitrogens with zero attached hydrogens (tertiary/aromatic N) is 1. The minimum atomic E-state index is -0.827. The predicted octanol–water partition coefficient (Wildman–Crippen LogP) is -0.370. The van der Waals surface area contributed by atoms with Crippen LogP contribution in [0.5, 0.6) is 0 Å². The van der Waals surface area contributed by atoms with Crippen LogP contribution in [-0.2, 0) is 19.1 Å². The normalized spacial score (nSPS) is 18.7. The second-order valence-corrected chi connectivity index (χ2v) is 6.07. The van der Waals surface area contributed by atoms with Gasteiger partial charge in [0, 0.05) is 13.6 Å². The lowest BCUT2D eigenvalue weighted by molar-refractivity contribution is -0.148. The molecule has 2 rings (SSSR count). The first-order chi connectivity index (χ1) is 11.9. The SMILES string of the molecule is CNC(=O)NC(=O)COC(=O)CCN1C(=O)NC2(CCCCC2)C1=O. The lowest BCUT2D eigenvalue weighted by atomic mass is 9.82. The average molecular weight is 354 g/mol. The molecule has 1 aliphatic carbocycles. The van der Waals surface area contributed by atoms with E-state index < -0.39 is 36.1 Å². The van der Waals surface area contributed by atoms with E-state index >= 15 is 0 Å². The number of nitrogens with one attached hydrogen (secondary N) is 3. The van der Waals surface area contributed by atoms with Crippen LogP contribution in [0.15, 0.2) is 0 Å². The number of carbonyl (C=O) groups is 5. The molecule has 0 aromatic heterocycles. The summed E-state index contributed by atoms with van der Waals surface area (Å²) in [5.74, 6) is -1.82. The molecule has 0 aromatic carbocycles. The zero-order valence-electron chi connectivity index (χ0n) is 14.1. The van der Waals surface area contributed by atoms with Crippen molar-refractivity contribution < 1.29 is 28.7 Å². The molecular formula is C15H22N4O6. The van der Waals surface area contributed by atoms with Crippen molar-refractivity contribution in [3.05, 3.63) is 0 Å². The molecule has 1 spiro atoms. The number of carbonyl (C=O) groups excluding carboxylic acids is 5. The average Bonchev–Trinajstić information content (AvgIpc) is 2.81. The first-order valence-corrected chi connectivity index (χ1v) is 8.19. The molecule has 1 aliphatic heterocycles. The van der Waals surface area contributed by atoms with E-state index in [4.69, 9.17) is 4.74 Å². The van der Waals surface area contributed by atoms with Gasteiger partial charge in [-0.1, -0.05) is 19.3 Å². The van der Waals surface area contributed by atoms with E-state index in [1.54, 1.807) is 0 Å². The molecule has 0 unspecified atom stereocenters. The molecule has 2 fully saturated rings. The number of rotatable bonds is 5. The lowest BCUT2D eigenvalue weighted by Crippen LogP contribution is -2.48. The molecular weight excluding hydrogens is 332 g/mol. The monoisotopic (exact) mass is 354 g/mol. The van der Waals surface area contributed by atoms with Crippen LogP contribution in [0.25, 0.3) is 0 Å². The van der Waals surface area contributed by atoms with Gasteiger partial charge in [0.15, 0.2) is 6.61 Å². The topological polar surface area (TPSA) is 134 Å². The number of amides is 6. The van der Waals surface area contributed by atoms with Crippen LogP contribution < -0.4 is 16.0 Å². The Bertz CT molecular complexity index is 585. The predicted molar refractivity (Wildman–Crippen MR) is 84.2 cm³/mol. The van der Waals surface area contributed by atoms with E-state index in [1.807, 2.05) is 5.32 Å². The van der Waals surface area contributed by atoms with Gasteiger partial charge in [-0.15, -0.1) is 0 Å². The Kier molecular flexibility index (Phi) is 5.94. The summed E-state index contributed by atoms with van der Waals surface area (Å²) >= 11 is 0. The summed E-state index contributed by atoms with van der Waals surface area (Å²) in [5, 5.41) is 6.87. The second-order valence-electron chi connectivity index (χ2n) is 6.07. The van der Waals surface area contributed by atoms with E-state index in [0.717, 1.165) is 24.2 Å². The smallest absolute Gasteiger partial charge is 0.325 e. The van der Waals surface area contributed by atoms with Crippen molar-refractivity contribution in [1.82, 2.24) is 20.9 Å². The van der Waals surface area contributed by atoms with Crippen molar-refractivity contribution in [2.75, 3.05) is 20.2 Å². The number of imide groups is 2. The molecule has 2 aliphatic rings. The molecule has 25 heavy (non-hydrogen) atoms. The minimum Gasteiger partial charge on any atom is -0.456 e. The third kappa shape index (κ3) is 4.46. The quantitative estimate of drug-likeness (QED) is 0.455. The highest BCUT2D eigenvalue weighted by Crippen LogP contribution is 2.33. The molecule has 10 heteroatoms. The summed E-state index contributed by atoms with van der Waals surface area (Å²) < 4.78 is 4.72. The van der Waals surface area contributed by atoms with Crippen molar-refractivity contribution in [2.45, 2.75) is 44.1 Å². The van der Waals surface area contributed by atoms with Crippen molar-refractivity contribution >= 4 is 29.8 Å². The number of ether oxygens (including phenoxy) is 1. The van der Waals surface area contributed by atoms with Crippen LogP contribution in [0.3, 0.4) is 0 Å². The van der Waals surface area contributed by atoms with Gasteiger partial charge in [-0.25, -0.2) is 9.59 Å². The number of hydrogen-bond acceptors (Lipinski definition) is 6. The van der Waals surface area contributed by atoms with E-state index in [1.165, 1.54) is 7.05 Å². The summed E-state index contributed by atoms with van der Waals surface area (Å²) in [7, 11) is 1.34. The van der Waals surface area contributed by atoms with Crippen molar-refractivity contribution in [2.24, 2.45) is 0 Å². The molecule has 0 radical (unpaired) electrons. The molecule has 0 aromatic rings. The van der Waals surface area contributed by atoms with Crippen molar-refractivity contribution in [3.63, 3.8) is 0 Å². The Morgan fingerprint density at radius 2 is 1.88 bits per heavy atom. The maximum Gasteiger partial charge on any atom is 0.325 e. The summed E-state index contributed by atoms with van der Waals surface area (Å²) in [5.41, 5.74) is -0.827. The maximum atomic E-state index is 12.5. The van der Waals surface area contributed by atoms with Gasteiger partial charge in [-0.2, -0.15) is 0 Å². The van der Waals surface area contributed by atoms with Crippen LogP contribution in [0.4, 0.5) is 9.59 Å². The van der Waals surface area contributed by atoms with Crippen LogP contribution in [0.1, 0.15) is 38.5 Å². The Labute approximate surface area is 144 Å². The summed E-state index contributed by atoms with van der Waals surface area (Å²) in [6.45, 7) is -0.724. The van der Waals surface area contributed by atoms with E-state index in [2.05, 4.69) is 10.6 Å². The standard InChI is InChI=1S/C15H22N4O6/c1-16-13(23)17-10(20)9-25-11(21)5-8-19-12(22)15(18-14(19)24)6-3-2-4-7-15/h2-9H2,1H3,(H,18,24)(H2,16,17,20,23). The van der Waals surface area contributed by atoms with Gasteiger partial charge in [-0.3, -0.25) is 24.6 Å². The van der Waals surface area contributed by atoms with Crippen LogP contribution in [0, 0.1) is 0 Å². The van der Waals surface area contributed by atoms with Crippen LogP contribution in [-0.4, -0.2) is 60.5 Å². The summed E-state index contributed by atoms with van der Waals surface area (Å²) in [6, 6.07) is -1.21. The largest absolute Gasteiger partial charge is 0.456 e. The van der Waals surface area contributed by atoms with Crippen LogP contribution in [0.2, 0.25) is 0 Å². The fraction of sp³-hybridized carbons (Fsp3) is 0.667. The third-order valence-electron chi connectivity index (χ3n) is 4.34. The third-order valence-corrected chi connectivity index (χ3v) is 4.34. The zero-order valence-corrected chi connectivity index (χ0v) is 14.1. The van der Waals surface area contributed by atoms with Crippen molar-refractivity contribution in [3.8, 4) is 0 Å². The molecule has 1 saturated carbocycles.